The number of rotatable bonds is 9. The number of anilines is 1. The summed E-state index contributed by atoms with van der Waals surface area (Å²) in [5, 5.41) is 8.15. The van der Waals surface area contributed by atoms with Gasteiger partial charge in [-0.05, 0) is 38.0 Å². The van der Waals surface area contributed by atoms with Gasteiger partial charge in [0.15, 0.2) is 0 Å². The maximum absolute atomic E-state index is 12.5. The van der Waals surface area contributed by atoms with E-state index in [1.54, 1.807) is 13.0 Å². The first-order chi connectivity index (χ1) is 13.8. The lowest BCUT2D eigenvalue weighted by Gasteiger charge is -2.22. The highest BCUT2D eigenvalue weighted by Crippen LogP contribution is 2.29. The number of carbonyl (C=O) groups excluding carboxylic acids is 2. The lowest BCUT2D eigenvalue weighted by atomic mass is 10.1. The van der Waals surface area contributed by atoms with Crippen molar-refractivity contribution in [2.45, 2.75) is 30.7 Å². The molecule has 0 aromatic heterocycles. The Labute approximate surface area is 169 Å². The molecule has 1 aromatic carbocycles. The van der Waals surface area contributed by atoms with Crippen LogP contribution in [0.4, 0.5) is 10.5 Å². The molecule has 4 N–H and O–H groups in total. The van der Waals surface area contributed by atoms with Crippen molar-refractivity contribution in [1.29, 1.82) is 0 Å². The van der Waals surface area contributed by atoms with Crippen molar-refractivity contribution in [2.75, 3.05) is 32.1 Å². The van der Waals surface area contributed by atoms with Crippen LogP contribution in [0.2, 0.25) is 0 Å². The summed E-state index contributed by atoms with van der Waals surface area (Å²) in [4.78, 5) is 23.9. The molecule has 11 heteroatoms. The number of amides is 2. The van der Waals surface area contributed by atoms with Gasteiger partial charge in [-0.25, -0.2) is 22.7 Å². The minimum atomic E-state index is -3.64. The van der Waals surface area contributed by atoms with E-state index >= 15 is 0 Å². The molecule has 3 rings (SSSR count). The predicted molar refractivity (Wildman–Crippen MR) is 105 cm³/mol. The standard InChI is InChI=1S/C18H24N4O6S/c1-3-28-17(23)13-9-20-18(24)21-15(13)10-19-14-8-12(6-7-16(14)27-2)29(25,26)22-11-4-5-11/h6-8,11,19,22H,3-5,9-10H2,1-2H3,(H2,20,21,24). The first kappa shape index (κ1) is 20.9. The fraction of sp³-hybridized carbons (Fsp3) is 0.444. The van der Waals surface area contributed by atoms with E-state index in [0.29, 0.717) is 17.1 Å². The lowest BCUT2D eigenvalue weighted by Crippen LogP contribution is -2.45. The zero-order valence-corrected chi connectivity index (χ0v) is 17.0. The molecule has 1 saturated carbocycles. The minimum Gasteiger partial charge on any atom is -0.495 e. The normalized spacial score (nSPS) is 16.7. The highest BCUT2D eigenvalue weighted by molar-refractivity contribution is 7.89. The number of urea groups is 1. The number of ether oxygens (including phenoxy) is 2. The summed E-state index contributed by atoms with van der Waals surface area (Å²) in [6.07, 6.45) is 1.66. The molecule has 0 atom stereocenters. The number of methoxy groups -OCH3 is 1. The van der Waals surface area contributed by atoms with Crippen LogP contribution in [0.5, 0.6) is 5.75 Å². The van der Waals surface area contributed by atoms with Crippen molar-refractivity contribution >= 4 is 27.7 Å². The molecule has 1 heterocycles. The van der Waals surface area contributed by atoms with Crippen LogP contribution in [-0.4, -0.2) is 53.3 Å². The Morgan fingerprint density at radius 1 is 1.31 bits per heavy atom. The van der Waals surface area contributed by atoms with Crippen molar-refractivity contribution < 1.29 is 27.5 Å². The molecular weight excluding hydrogens is 400 g/mol. The van der Waals surface area contributed by atoms with Gasteiger partial charge in [-0.15, -0.1) is 0 Å². The van der Waals surface area contributed by atoms with Crippen molar-refractivity contribution in [1.82, 2.24) is 15.4 Å². The molecule has 0 bridgehead atoms. The van der Waals surface area contributed by atoms with Gasteiger partial charge in [0.25, 0.3) is 0 Å². The number of carbonyl (C=O) groups is 2. The van der Waals surface area contributed by atoms with Gasteiger partial charge < -0.3 is 25.4 Å². The van der Waals surface area contributed by atoms with Crippen molar-refractivity contribution in [3.63, 3.8) is 0 Å². The molecule has 29 heavy (non-hydrogen) atoms. The van der Waals surface area contributed by atoms with Gasteiger partial charge in [0.1, 0.15) is 5.75 Å². The van der Waals surface area contributed by atoms with E-state index in [0.717, 1.165) is 12.8 Å². The van der Waals surface area contributed by atoms with E-state index in [1.165, 1.54) is 19.2 Å². The average molecular weight is 424 g/mol. The monoisotopic (exact) mass is 424 g/mol. The second-order valence-corrected chi connectivity index (χ2v) is 8.31. The molecular formula is C18H24N4O6S. The van der Waals surface area contributed by atoms with Crippen molar-refractivity contribution in [3.05, 3.63) is 29.5 Å². The van der Waals surface area contributed by atoms with Gasteiger partial charge in [-0.3, -0.25) is 0 Å². The Hall–Kier alpha value is -2.79. The molecule has 0 saturated heterocycles. The first-order valence-corrected chi connectivity index (χ1v) is 10.7. The topological polar surface area (TPSA) is 135 Å². The summed E-state index contributed by atoms with van der Waals surface area (Å²) in [7, 11) is -2.17. The lowest BCUT2D eigenvalue weighted by molar-refractivity contribution is -0.138. The fourth-order valence-electron chi connectivity index (χ4n) is 2.76. The molecule has 1 aromatic rings. The van der Waals surface area contributed by atoms with E-state index in [-0.39, 0.29) is 36.2 Å². The van der Waals surface area contributed by atoms with Crippen molar-refractivity contribution in [3.8, 4) is 5.75 Å². The smallest absolute Gasteiger partial charge is 0.337 e. The number of nitrogens with one attached hydrogen (secondary N) is 4. The Bertz CT molecular complexity index is 940. The third kappa shape index (κ3) is 5.18. The van der Waals surface area contributed by atoms with Crippen LogP contribution in [0, 0.1) is 0 Å². The highest BCUT2D eigenvalue weighted by atomic mass is 32.2. The van der Waals surface area contributed by atoms with Crippen LogP contribution in [0.3, 0.4) is 0 Å². The molecule has 1 aliphatic heterocycles. The zero-order valence-electron chi connectivity index (χ0n) is 16.2. The maximum atomic E-state index is 12.5. The molecule has 0 radical (unpaired) electrons. The first-order valence-electron chi connectivity index (χ1n) is 9.22. The predicted octanol–water partition coefficient (Wildman–Crippen LogP) is 0.678. The van der Waals surface area contributed by atoms with Crippen molar-refractivity contribution in [2.24, 2.45) is 0 Å². The minimum absolute atomic E-state index is 0.0132. The summed E-state index contributed by atoms with van der Waals surface area (Å²) in [5.74, 6) is -0.109. The largest absolute Gasteiger partial charge is 0.495 e. The van der Waals surface area contributed by atoms with Gasteiger partial charge in [-0.1, -0.05) is 0 Å². The summed E-state index contributed by atoms with van der Waals surface area (Å²) < 4.78 is 37.9. The third-order valence-electron chi connectivity index (χ3n) is 4.41. The van der Waals surface area contributed by atoms with E-state index in [2.05, 4.69) is 20.7 Å². The van der Waals surface area contributed by atoms with Gasteiger partial charge in [-0.2, -0.15) is 0 Å². The number of hydrogen-bond acceptors (Lipinski definition) is 7. The van der Waals surface area contributed by atoms with Crippen LogP contribution in [0.1, 0.15) is 19.8 Å². The highest BCUT2D eigenvalue weighted by Gasteiger charge is 2.28. The number of esters is 1. The van der Waals surface area contributed by atoms with Crippen LogP contribution < -0.4 is 25.4 Å². The molecule has 10 nitrogen and oxygen atoms in total. The second-order valence-electron chi connectivity index (χ2n) is 6.60. The number of sulfonamides is 1. The van der Waals surface area contributed by atoms with E-state index in [4.69, 9.17) is 9.47 Å². The van der Waals surface area contributed by atoms with E-state index in [1.807, 2.05) is 0 Å². The summed E-state index contributed by atoms with van der Waals surface area (Å²) in [5.41, 5.74) is 1.05. The van der Waals surface area contributed by atoms with Gasteiger partial charge >= 0.3 is 12.0 Å². The molecule has 2 amide bonds. The quantitative estimate of drug-likeness (QED) is 0.428. The van der Waals surface area contributed by atoms with Crippen LogP contribution in [0.15, 0.2) is 34.4 Å². The number of benzene rings is 1. The van der Waals surface area contributed by atoms with Crippen LogP contribution in [0.25, 0.3) is 0 Å². The molecule has 0 spiro atoms. The summed E-state index contributed by atoms with van der Waals surface area (Å²) >= 11 is 0. The third-order valence-corrected chi connectivity index (χ3v) is 5.93. The van der Waals surface area contributed by atoms with Crippen LogP contribution in [-0.2, 0) is 19.6 Å². The number of hydrogen-bond donors (Lipinski definition) is 4. The Morgan fingerprint density at radius 3 is 2.72 bits per heavy atom. The van der Waals surface area contributed by atoms with Crippen LogP contribution >= 0.6 is 0 Å². The molecule has 2 aliphatic rings. The second kappa shape index (κ2) is 8.70. The Balaban J connectivity index is 1.83. The van der Waals surface area contributed by atoms with E-state index < -0.39 is 22.0 Å². The van der Waals surface area contributed by atoms with E-state index in [9.17, 15) is 18.0 Å². The molecule has 0 unspecified atom stereocenters. The Morgan fingerprint density at radius 2 is 2.07 bits per heavy atom. The van der Waals surface area contributed by atoms with Gasteiger partial charge in [0.05, 0.1) is 48.7 Å². The average Bonchev–Trinajstić information content (AvgIpc) is 3.49. The summed E-state index contributed by atoms with van der Waals surface area (Å²) in [6.45, 7) is 2.01. The Kier molecular flexibility index (Phi) is 6.28. The fourth-order valence-corrected chi connectivity index (χ4v) is 4.09. The van der Waals surface area contributed by atoms with Gasteiger partial charge in [0, 0.05) is 6.04 Å². The molecule has 1 fully saturated rings. The van der Waals surface area contributed by atoms with Gasteiger partial charge in [0.2, 0.25) is 10.0 Å². The molecule has 158 valence electrons. The summed E-state index contributed by atoms with van der Waals surface area (Å²) in [6, 6.07) is 4.01. The molecule has 1 aliphatic carbocycles. The maximum Gasteiger partial charge on any atom is 0.337 e. The zero-order chi connectivity index (χ0) is 21.0. The SMILES string of the molecule is CCOC(=O)C1=C(CNc2cc(S(=O)(=O)NC3CC3)ccc2OC)NC(=O)NC1.